The summed E-state index contributed by atoms with van der Waals surface area (Å²) in [4.78, 5) is 0. The molecule has 0 bridgehead atoms. The zero-order valence-electron chi connectivity index (χ0n) is 14.5. The summed E-state index contributed by atoms with van der Waals surface area (Å²) >= 11 is 0. The lowest BCUT2D eigenvalue weighted by atomic mass is 10.1. The third kappa shape index (κ3) is 4.29. The molecular weight excluding hydrogens is 314 g/mol. The van der Waals surface area contributed by atoms with Gasteiger partial charge in [-0.1, -0.05) is 42.5 Å². The zero-order chi connectivity index (χ0) is 17.6. The Kier molecular flexibility index (Phi) is 5.53. The molecule has 3 aromatic rings. The van der Waals surface area contributed by atoms with Gasteiger partial charge in [0.25, 0.3) is 0 Å². The molecule has 0 saturated heterocycles. The molecular formula is C21H23NO3. The van der Waals surface area contributed by atoms with Crippen molar-refractivity contribution in [2.24, 2.45) is 0 Å². The lowest BCUT2D eigenvalue weighted by Crippen LogP contribution is -2.12. The molecule has 0 aliphatic heterocycles. The molecule has 25 heavy (non-hydrogen) atoms. The second kappa shape index (κ2) is 8.01. The molecule has 2 N–H and O–H groups in total. The van der Waals surface area contributed by atoms with Crippen LogP contribution in [0.5, 0.6) is 5.75 Å². The molecule has 3 rings (SSSR count). The molecule has 1 heterocycles. The van der Waals surface area contributed by atoms with Gasteiger partial charge in [-0.25, -0.2) is 0 Å². The van der Waals surface area contributed by atoms with Gasteiger partial charge in [0.2, 0.25) is 0 Å². The largest absolute Gasteiger partial charge is 0.496 e. The van der Waals surface area contributed by atoms with E-state index in [1.807, 2.05) is 60.7 Å². The van der Waals surface area contributed by atoms with Crippen LogP contribution in [-0.2, 0) is 13.1 Å². The van der Waals surface area contributed by atoms with Crippen molar-refractivity contribution in [1.29, 1.82) is 0 Å². The normalized spacial score (nSPS) is 12.1. The first-order valence-corrected chi connectivity index (χ1v) is 8.37. The van der Waals surface area contributed by atoms with Gasteiger partial charge in [-0.3, -0.25) is 0 Å². The minimum absolute atomic E-state index is 0.458. The van der Waals surface area contributed by atoms with Crippen LogP contribution in [0.25, 0.3) is 11.3 Å². The Bertz CT molecular complexity index is 806. The summed E-state index contributed by atoms with van der Waals surface area (Å²) < 4.78 is 11.3. The van der Waals surface area contributed by atoms with Gasteiger partial charge in [0, 0.05) is 17.7 Å². The Balaban J connectivity index is 1.60. The van der Waals surface area contributed by atoms with E-state index in [9.17, 15) is 5.11 Å². The van der Waals surface area contributed by atoms with E-state index in [1.54, 1.807) is 14.0 Å². The second-order valence-electron chi connectivity index (χ2n) is 5.98. The SMILES string of the molecule is COc1ccccc1CNCc1ccc(-c2ccc(C(C)O)cc2)o1. The summed E-state index contributed by atoms with van der Waals surface area (Å²) in [5.74, 6) is 2.59. The number of aliphatic hydroxyl groups is 1. The Morgan fingerprint density at radius 3 is 2.48 bits per heavy atom. The highest BCUT2D eigenvalue weighted by atomic mass is 16.5. The highest BCUT2D eigenvalue weighted by Gasteiger charge is 2.07. The summed E-state index contributed by atoms with van der Waals surface area (Å²) in [6, 6.07) is 19.7. The van der Waals surface area contributed by atoms with Crippen LogP contribution in [0, 0.1) is 0 Å². The molecule has 0 aliphatic carbocycles. The number of methoxy groups -OCH3 is 1. The maximum atomic E-state index is 9.58. The molecule has 130 valence electrons. The highest BCUT2D eigenvalue weighted by molar-refractivity contribution is 5.58. The number of nitrogens with one attached hydrogen (secondary N) is 1. The second-order valence-corrected chi connectivity index (χ2v) is 5.98. The first kappa shape index (κ1) is 17.3. The molecule has 0 fully saturated rings. The Labute approximate surface area is 148 Å². The fourth-order valence-corrected chi connectivity index (χ4v) is 2.72. The van der Waals surface area contributed by atoms with Crippen LogP contribution < -0.4 is 10.1 Å². The van der Waals surface area contributed by atoms with E-state index in [4.69, 9.17) is 9.15 Å². The minimum atomic E-state index is -0.458. The van der Waals surface area contributed by atoms with Crippen molar-refractivity contribution in [2.45, 2.75) is 26.1 Å². The molecule has 0 radical (unpaired) electrons. The van der Waals surface area contributed by atoms with E-state index in [-0.39, 0.29) is 0 Å². The topological polar surface area (TPSA) is 54.6 Å². The Morgan fingerprint density at radius 2 is 1.76 bits per heavy atom. The summed E-state index contributed by atoms with van der Waals surface area (Å²) in [5.41, 5.74) is 3.01. The van der Waals surface area contributed by atoms with Crippen molar-refractivity contribution in [1.82, 2.24) is 5.32 Å². The summed E-state index contributed by atoms with van der Waals surface area (Å²) in [5, 5.41) is 13.0. The Hall–Kier alpha value is -2.56. The first-order chi connectivity index (χ1) is 12.2. The number of ether oxygens (including phenoxy) is 1. The third-order valence-electron chi connectivity index (χ3n) is 4.15. The van der Waals surface area contributed by atoms with Crippen LogP contribution in [0.2, 0.25) is 0 Å². The number of rotatable bonds is 7. The average Bonchev–Trinajstić information content (AvgIpc) is 3.11. The fourth-order valence-electron chi connectivity index (χ4n) is 2.72. The van der Waals surface area contributed by atoms with Gasteiger partial charge in [-0.15, -0.1) is 0 Å². The van der Waals surface area contributed by atoms with Crippen molar-refractivity contribution >= 4 is 0 Å². The molecule has 1 unspecified atom stereocenters. The van der Waals surface area contributed by atoms with Gasteiger partial charge >= 0.3 is 0 Å². The fraction of sp³-hybridized carbons (Fsp3) is 0.238. The predicted molar refractivity (Wildman–Crippen MR) is 98.3 cm³/mol. The maximum absolute atomic E-state index is 9.58. The minimum Gasteiger partial charge on any atom is -0.496 e. The molecule has 0 saturated carbocycles. The molecule has 4 heteroatoms. The number of aliphatic hydroxyl groups excluding tert-OH is 1. The van der Waals surface area contributed by atoms with E-state index in [1.165, 1.54) is 0 Å². The summed E-state index contributed by atoms with van der Waals surface area (Å²) in [7, 11) is 1.68. The van der Waals surface area contributed by atoms with Crippen molar-refractivity contribution in [2.75, 3.05) is 7.11 Å². The number of hydrogen-bond donors (Lipinski definition) is 2. The van der Waals surface area contributed by atoms with Gasteiger partial charge in [0.15, 0.2) is 0 Å². The van der Waals surface area contributed by atoms with Crippen LogP contribution in [0.4, 0.5) is 0 Å². The van der Waals surface area contributed by atoms with Gasteiger partial charge < -0.3 is 19.6 Å². The first-order valence-electron chi connectivity index (χ1n) is 8.37. The van der Waals surface area contributed by atoms with Crippen LogP contribution >= 0.6 is 0 Å². The van der Waals surface area contributed by atoms with Crippen molar-refractivity contribution in [3.8, 4) is 17.1 Å². The standard InChI is InChI=1S/C21H23NO3/c1-15(23)16-7-9-17(10-8-16)21-12-11-19(25-21)14-22-13-18-5-3-4-6-20(18)24-2/h3-12,15,22-23H,13-14H2,1-2H3. The predicted octanol–water partition coefficient (Wildman–Crippen LogP) is 4.30. The summed E-state index contributed by atoms with van der Waals surface area (Å²) in [6.45, 7) is 3.11. The molecule has 1 aromatic heterocycles. The monoisotopic (exact) mass is 337 g/mol. The molecule has 2 aromatic carbocycles. The van der Waals surface area contributed by atoms with Crippen molar-refractivity contribution < 1.29 is 14.3 Å². The van der Waals surface area contributed by atoms with E-state index in [2.05, 4.69) is 5.32 Å². The summed E-state index contributed by atoms with van der Waals surface area (Å²) in [6.07, 6.45) is -0.458. The van der Waals surface area contributed by atoms with Crippen LogP contribution in [0.3, 0.4) is 0 Å². The lowest BCUT2D eigenvalue weighted by molar-refractivity contribution is 0.199. The lowest BCUT2D eigenvalue weighted by Gasteiger charge is -2.08. The van der Waals surface area contributed by atoms with Crippen LogP contribution in [-0.4, -0.2) is 12.2 Å². The zero-order valence-corrected chi connectivity index (χ0v) is 14.5. The number of benzene rings is 2. The van der Waals surface area contributed by atoms with Gasteiger partial charge in [0.1, 0.15) is 17.3 Å². The van der Waals surface area contributed by atoms with Gasteiger partial charge in [-0.05, 0) is 30.7 Å². The van der Waals surface area contributed by atoms with Gasteiger partial charge in [-0.2, -0.15) is 0 Å². The molecule has 4 nitrogen and oxygen atoms in total. The molecule has 0 aliphatic rings. The number of furan rings is 1. The maximum Gasteiger partial charge on any atom is 0.134 e. The van der Waals surface area contributed by atoms with E-state index in [0.717, 1.165) is 34.0 Å². The number of hydrogen-bond acceptors (Lipinski definition) is 4. The molecule has 0 amide bonds. The van der Waals surface area contributed by atoms with E-state index >= 15 is 0 Å². The Morgan fingerprint density at radius 1 is 1.00 bits per heavy atom. The highest BCUT2D eigenvalue weighted by Crippen LogP contribution is 2.24. The third-order valence-corrected chi connectivity index (χ3v) is 4.15. The number of para-hydroxylation sites is 1. The quantitative estimate of drug-likeness (QED) is 0.675. The van der Waals surface area contributed by atoms with E-state index < -0.39 is 6.10 Å². The average molecular weight is 337 g/mol. The van der Waals surface area contributed by atoms with Crippen molar-refractivity contribution in [3.05, 3.63) is 77.6 Å². The molecule has 1 atom stereocenters. The van der Waals surface area contributed by atoms with Crippen molar-refractivity contribution in [3.63, 3.8) is 0 Å². The smallest absolute Gasteiger partial charge is 0.134 e. The van der Waals surface area contributed by atoms with E-state index in [0.29, 0.717) is 13.1 Å². The van der Waals surface area contributed by atoms with Gasteiger partial charge in [0.05, 0.1) is 19.8 Å². The van der Waals surface area contributed by atoms with Crippen LogP contribution in [0.15, 0.2) is 65.1 Å². The molecule has 0 spiro atoms. The van der Waals surface area contributed by atoms with Crippen LogP contribution in [0.1, 0.15) is 29.9 Å².